The largest absolute Gasteiger partial charge is 0.350 e. The van der Waals surface area contributed by atoms with E-state index < -0.39 is 41.0 Å². The molecule has 7 heteroatoms. The van der Waals surface area contributed by atoms with Crippen LogP contribution in [0.3, 0.4) is 0 Å². The molecule has 1 heterocycles. The molecular weight excluding hydrogens is 202 g/mol. The molecule has 15 heavy (non-hydrogen) atoms. The molecule has 0 bridgehead atoms. The van der Waals surface area contributed by atoms with E-state index in [9.17, 15) is 14.9 Å². The van der Waals surface area contributed by atoms with Gasteiger partial charge in [0.1, 0.15) is 6.61 Å². The molecule has 0 atom stereocenters. The van der Waals surface area contributed by atoms with Crippen LogP contribution in [0.4, 0.5) is 0 Å². The Bertz CT molecular complexity index is 525. The molecule has 0 saturated carbocycles. The molecular formula is C8H9N3O4. The second kappa shape index (κ2) is 5.53. The molecule has 1 aromatic rings. The standard InChI is InChI=1S/C8H9N3O4/c12-8(7-2-1-3-9-6-7)10-4-5-15-11(13)14/h1-3,6H,4-5H2,(H,10,12)/i1D,2D,3D,6D. The topological polar surface area (TPSA) is 94.4 Å². The zero-order valence-corrected chi connectivity index (χ0v) is 7.44. The van der Waals surface area contributed by atoms with Crippen LogP contribution in [0.15, 0.2) is 24.4 Å². The molecule has 0 saturated heterocycles. The third-order valence-corrected chi connectivity index (χ3v) is 1.28. The lowest BCUT2D eigenvalue weighted by Crippen LogP contribution is -2.27. The fourth-order valence-electron chi connectivity index (χ4n) is 0.711. The van der Waals surface area contributed by atoms with Crippen molar-refractivity contribution in [2.45, 2.75) is 0 Å². The zero-order chi connectivity index (χ0) is 14.6. The lowest BCUT2D eigenvalue weighted by atomic mass is 10.3. The Labute approximate surface area is 90.8 Å². The highest BCUT2D eigenvalue weighted by Crippen LogP contribution is 1.94. The number of nitrogens with zero attached hydrogens (tertiary/aromatic N) is 2. The number of amides is 1. The van der Waals surface area contributed by atoms with Gasteiger partial charge < -0.3 is 10.2 Å². The maximum atomic E-state index is 11.6. The Morgan fingerprint density at radius 1 is 1.80 bits per heavy atom. The summed E-state index contributed by atoms with van der Waals surface area (Å²) in [5.41, 5.74) is -0.456. The molecule has 0 aliphatic carbocycles. The molecule has 0 unspecified atom stereocenters. The van der Waals surface area contributed by atoms with Crippen LogP contribution in [0, 0.1) is 10.1 Å². The van der Waals surface area contributed by atoms with Gasteiger partial charge in [-0.05, 0) is 12.1 Å². The Morgan fingerprint density at radius 2 is 2.60 bits per heavy atom. The highest BCUT2D eigenvalue weighted by atomic mass is 16.9. The fraction of sp³-hybridized carbons (Fsp3) is 0.250. The first-order chi connectivity index (χ1) is 8.84. The van der Waals surface area contributed by atoms with Crippen molar-refractivity contribution in [1.29, 1.82) is 0 Å². The minimum atomic E-state index is -1.02. The molecule has 0 aromatic carbocycles. The van der Waals surface area contributed by atoms with Gasteiger partial charge in [0, 0.05) is 18.9 Å². The van der Waals surface area contributed by atoms with Crippen molar-refractivity contribution in [3.05, 3.63) is 40.1 Å². The summed E-state index contributed by atoms with van der Waals surface area (Å²) in [4.78, 5) is 28.8. The summed E-state index contributed by atoms with van der Waals surface area (Å²) < 4.78 is 29.4. The molecule has 1 N–H and O–H groups in total. The third-order valence-electron chi connectivity index (χ3n) is 1.28. The Balaban J connectivity index is 2.78. The van der Waals surface area contributed by atoms with Gasteiger partial charge in [0.05, 0.1) is 11.0 Å². The quantitative estimate of drug-likeness (QED) is 0.424. The predicted molar refractivity (Wildman–Crippen MR) is 49.5 cm³/mol. The van der Waals surface area contributed by atoms with E-state index in [2.05, 4.69) is 15.1 Å². The average Bonchev–Trinajstić information content (AvgIpc) is 2.31. The molecule has 1 rings (SSSR count). The molecule has 0 aliphatic heterocycles. The van der Waals surface area contributed by atoms with Crippen LogP contribution in [0.1, 0.15) is 15.8 Å². The number of rotatable bonds is 5. The SMILES string of the molecule is [2H]c1nc([2H])c(C(=O)NCCO[N+](=O)[O-])c([2H])c1[2H]. The number of hydrogen-bond acceptors (Lipinski definition) is 5. The van der Waals surface area contributed by atoms with Gasteiger partial charge in [-0.1, -0.05) is 0 Å². The first kappa shape index (κ1) is 6.33. The number of hydrogen-bond donors (Lipinski definition) is 1. The van der Waals surface area contributed by atoms with Gasteiger partial charge >= 0.3 is 0 Å². The van der Waals surface area contributed by atoms with Crippen molar-refractivity contribution in [3.63, 3.8) is 0 Å². The van der Waals surface area contributed by atoms with Crippen molar-refractivity contribution in [2.75, 3.05) is 13.2 Å². The fourth-order valence-corrected chi connectivity index (χ4v) is 0.711. The zero-order valence-electron chi connectivity index (χ0n) is 11.4. The van der Waals surface area contributed by atoms with Crippen molar-refractivity contribution in [2.24, 2.45) is 0 Å². The summed E-state index contributed by atoms with van der Waals surface area (Å²) in [5.74, 6) is -0.872. The predicted octanol–water partition coefficient (Wildman–Crippen LogP) is 0.0197. The normalized spacial score (nSPS) is 13.1. The van der Waals surface area contributed by atoms with Gasteiger partial charge in [-0.3, -0.25) is 9.78 Å². The first-order valence-electron chi connectivity index (χ1n) is 5.84. The van der Waals surface area contributed by atoms with Gasteiger partial charge in [0.15, 0.2) is 0 Å². The van der Waals surface area contributed by atoms with Crippen LogP contribution < -0.4 is 5.32 Å². The van der Waals surface area contributed by atoms with E-state index in [4.69, 9.17) is 5.48 Å². The Hall–Kier alpha value is -2.18. The van der Waals surface area contributed by atoms with Gasteiger partial charge in [0.25, 0.3) is 11.0 Å². The lowest BCUT2D eigenvalue weighted by molar-refractivity contribution is -0.757. The number of carbonyl (C=O) groups excluding carboxylic acids is 1. The van der Waals surface area contributed by atoms with E-state index in [1.165, 1.54) is 0 Å². The Morgan fingerprint density at radius 3 is 3.33 bits per heavy atom. The molecule has 0 radical (unpaired) electrons. The number of carbonyl (C=O) groups is 1. The molecule has 80 valence electrons. The summed E-state index contributed by atoms with van der Waals surface area (Å²) in [6.45, 7) is -0.578. The molecule has 1 amide bonds. The highest BCUT2D eigenvalue weighted by molar-refractivity contribution is 5.93. The van der Waals surface area contributed by atoms with E-state index in [0.717, 1.165) is 0 Å². The molecule has 0 spiro atoms. The minimum absolute atomic E-state index is 0.200. The summed E-state index contributed by atoms with van der Waals surface area (Å²) in [6, 6.07) is -1.15. The summed E-state index contributed by atoms with van der Waals surface area (Å²) in [7, 11) is 0. The number of aromatic nitrogens is 1. The molecule has 0 aliphatic rings. The lowest BCUT2D eigenvalue weighted by Gasteiger charge is -2.03. The second-order valence-corrected chi connectivity index (χ2v) is 2.27. The summed E-state index contributed by atoms with van der Waals surface area (Å²) in [5, 5.41) is 11.0. The highest BCUT2D eigenvalue weighted by Gasteiger charge is 2.03. The number of nitrogens with one attached hydrogen (secondary N) is 1. The van der Waals surface area contributed by atoms with E-state index >= 15 is 0 Å². The molecule has 0 fully saturated rings. The van der Waals surface area contributed by atoms with Crippen LogP contribution in [-0.2, 0) is 4.84 Å². The summed E-state index contributed by atoms with van der Waals surface area (Å²) in [6.07, 6.45) is -1.16. The van der Waals surface area contributed by atoms with Crippen molar-refractivity contribution in [1.82, 2.24) is 10.3 Å². The monoisotopic (exact) mass is 215 g/mol. The summed E-state index contributed by atoms with van der Waals surface area (Å²) >= 11 is 0. The molecule has 7 nitrogen and oxygen atoms in total. The second-order valence-electron chi connectivity index (χ2n) is 2.27. The third kappa shape index (κ3) is 4.03. The van der Waals surface area contributed by atoms with E-state index in [1.807, 2.05) is 0 Å². The smallest absolute Gasteiger partial charge is 0.294 e. The van der Waals surface area contributed by atoms with Crippen LogP contribution >= 0.6 is 0 Å². The van der Waals surface area contributed by atoms with Gasteiger partial charge in [-0.25, -0.2) is 0 Å². The van der Waals surface area contributed by atoms with Gasteiger partial charge in [-0.15, -0.1) is 10.1 Å². The van der Waals surface area contributed by atoms with E-state index in [-0.39, 0.29) is 13.2 Å². The average molecular weight is 215 g/mol. The first-order valence-corrected chi connectivity index (χ1v) is 3.84. The van der Waals surface area contributed by atoms with Crippen molar-refractivity contribution in [3.8, 4) is 0 Å². The maximum Gasteiger partial charge on any atom is 0.294 e. The van der Waals surface area contributed by atoms with Crippen molar-refractivity contribution >= 4 is 5.91 Å². The minimum Gasteiger partial charge on any atom is -0.350 e. The Kier molecular flexibility index (Phi) is 2.33. The van der Waals surface area contributed by atoms with Crippen LogP contribution in [0.2, 0.25) is 0 Å². The van der Waals surface area contributed by atoms with Gasteiger partial charge in [0.2, 0.25) is 0 Å². The number of pyridine rings is 1. The van der Waals surface area contributed by atoms with Crippen LogP contribution in [0.25, 0.3) is 0 Å². The van der Waals surface area contributed by atoms with Crippen LogP contribution in [-0.4, -0.2) is 29.1 Å². The van der Waals surface area contributed by atoms with E-state index in [1.54, 1.807) is 0 Å². The van der Waals surface area contributed by atoms with Crippen LogP contribution in [0.5, 0.6) is 0 Å². The van der Waals surface area contributed by atoms with Gasteiger partial charge in [-0.2, -0.15) is 0 Å². The molecule has 1 aromatic heterocycles. The van der Waals surface area contributed by atoms with E-state index in [0.29, 0.717) is 0 Å². The van der Waals surface area contributed by atoms with Crippen molar-refractivity contribution < 1.29 is 20.2 Å². The maximum absolute atomic E-state index is 11.6.